The largest absolute Gasteiger partial charge is 0.443 e. The summed E-state index contributed by atoms with van der Waals surface area (Å²) in [4.78, 5) is 4.23. The van der Waals surface area contributed by atoms with Crippen LogP contribution < -0.4 is 5.32 Å². The molecule has 1 N–H and O–H groups in total. The maximum atomic E-state index is 12.6. The van der Waals surface area contributed by atoms with E-state index < -0.39 is 11.2 Å². The zero-order valence-electron chi connectivity index (χ0n) is 10.7. The van der Waals surface area contributed by atoms with E-state index >= 15 is 0 Å². The van der Waals surface area contributed by atoms with Crippen molar-refractivity contribution in [3.63, 3.8) is 0 Å². The molecule has 1 aromatic heterocycles. The lowest BCUT2D eigenvalue weighted by Gasteiger charge is -2.29. The van der Waals surface area contributed by atoms with Crippen LogP contribution in [0.25, 0.3) is 0 Å². The maximum Gasteiger partial charge on any atom is 0.443 e. The van der Waals surface area contributed by atoms with Crippen LogP contribution in [0.1, 0.15) is 42.1 Å². The smallest absolute Gasteiger partial charge is 0.309 e. The number of aromatic nitrogens is 1. The zero-order valence-corrected chi connectivity index (χ0v) is 12.3. The zero-order chi connectivity index (χ0) is 13.9. The predicted octanol–water partition coefficient (Wildman–Crippen LogP) is 4.10. The summed E-state index contributed by atoms with van der Waals surface area (Å²) < 4.78 is 37.8. The molecule has 19 heavy (non-hydrogen) atoms. The lowest BCUT2D eigenvalue weighted by Crippen LogP contribution is -2.31. The summed E-state index contributed by atoms with van der Waals surface area (Å²) in [6.07, 6.45) is 0.470. The number of rotatable bonds is 4. The highest BCUT2D eigenvalue weighted by molar-refractivity contribution is 8.00. The quantitative estimate of drug-likeness (QED) is 0.906. The van der Waals surface area contributed by atoms with Crippen molar-refractivity contribution >= 4 is 23.1 Å². The van der Waals surface area contributed by atoms with Crippen molar-refractivity contribution in [1.29, 1.82) is 0 Å². The molecule has 2 rings (SSSR count). The molecule has 1 aromatic rings. The maximum absolute atomic E-state index is 12.6. The van der Waals surface area contributed by atoms with Gasteiger partial charge in [-0.05, 0) is 25.1 Å². The second-order valence-electron chi connectivity index (χ2n) is 4.51. The summed E-state index contributed by atoms with van der Waals surface area (Å²) >= 11 is 2.63. The fraction of sp³-hybridized carbons (Fsp3) is 0.750. The summed E-state index contributed by atoms with van der Waals surface area (Å²) in [5.74, 6) is 1.09. The Morgan fingerprint density at radius 3 is 2.79 bits per heavy atom. The van der Waals surface area contributed by atoms with E-state index in [9.17, 15) is 13.2 Å². The van der Waals surface area contributed by atoms with Crippen LogP contribution in [0, 0.1) is 0 Å². The van der Waals surface area contributed by atoms with E-state index in [1.165, 1.54) is 12.6 Å². The second kappa shape index (κ2) is 6.45. The van der Waals surface area contributed by atoms with Gasteiger partial charge < -0.3 is 5.32 Å². The number of hydrogen-bond donors (Lipinski definition) is 1. The summed E-state index contributed by atoms with van der Waals surface area (Å²) in [6, 6.07) is -0.0103. The molecule has 0 aliphatic carbocycles. The van der Waals surface area contributed by atoms with Crippen molar-refractivity contribution in [3.8, 4) is 0 Å². The molecule has 1 aliphatic rings. The van der Waals surface area contributed by atoms with Gasteiger partial charge in [-0.3, -0.25) is 0 Å². The molecule has 0 radical (unpaired) electrons. The molecule has 108 valence electrons. The molecule has 0 aromatic carbocycles. The molecule has 2 nitrogen and oxygen atoms in total. The minimum Gasteiger partial charge on any atom is -0.309 e. The Balaban J connectivity index is 2.16. The van der Waals surface area contributed by atoms with Gasteiger partial charge in [-0.15, -0.1) is 11.3 Å². The average Bonchev–Trinajstić information content (AvgIpc) is 2.86. The Labute approximate surface area is 119 Å². The third-order valence-corrected chi connectivity index (χ3v) is 5.67. The van der Waals surface area contributed by atoms with Crippen molar-refractivity contribution in [3.05, 3.63) is 16.1 Å². The van der Waals surface area contributed by atoms with Crippen LogP contribution in [0.3, 0.4) is 0 Å². The number of alkyl halides is 3. The Kier molecular flexibility index (Phi) is 5.14. The SMILES string of the molecule is CCNC(c1cnc(C(F)(F)F)s1)C1CCCCS1. The first-order valence-electron chi connectivity index (χ1n) is 6.40. The van der Waals surface area contributed by atoms with Crippen molar-refractivity contribution < 1.29 is 13.2 Å². The van der Waals surface area contributed by atoms with Crippen LogP contribution >= 0.6 is 23.1 Å². The molecule has 1 saturated heterocycles. The van der Waals surface area contributed by atoms with E-state index in [4.69, 9.17) is 0 Å². The average molecular weight is 310 g/mol. The highest BCUT2D eigenvalue weighted by Crippen LogP contribution is 2.39. The van der Waals surface area contributed by atoms with Crippen LogP contribution in [-0.4, -0.2) is 22.5 Å². The Bertz CT molecular complexity index is 400. The van der Waals surface area contributed by atoms with Gasteiger partial charge >= 0.3 is 6.18 Å². The summed E-state index contributed by atoms with van der Waals surface area (Å²) in [5, 5.41) is 2.93. The molecule has 0 saturated carbocycles. The molecule has 2 atom stereocenters. The first-order chi connectivity index (χ1) is 9.02. The van der Waals surface area contributed by atoms with Gasteiger partial charge in [0.05, 0.1) is 6.04 Å². The minimum absolute atomic E-state index is 0.0103. The van der Waals surface area contributed by atoms with Gasteiger partial charge in [0, 0.05) is 16.3 Å². The van der Waals surface area contributed by atoms with E-state index in [-0.39, 0.29) is 6.04 Å². The predicted molar refractivity (Wildman–Crippen MR) is 73.6 cm³/mol. The molecule has 7 heteroatoms. The Morgan fingerprint density at radius 2 is 2.26 bits per heavy atom. The van der Waals surface area contributed by atoms with Crippen LogP contribution in [0.15, 0.2) is 6.20 Å². The Morgan fingerprint density at radius 1 is 1.47 bits per heavy atom. The summed E-state index contributed by atoms with van der Waals surface area (Å²) in [6.45, 7) is 2.73. The number of hydrogen-bond acceptors (Lipinski definition) is 4. The second-order valence-corrected chi connectivity index (χ2v) is 6.92. The van der Waals surface area contributed by atoms with E-state index in [1.54, 1.807) is 0 Å². The van der Waals surface area contributed by atoms with Crippen molar-refractivity contribution in [1.82, 2.24) is 10.3 Å². The van der Waals surface area contributed by atoms with Gasteiger partial charge in [-0.2, -0.15) is 24.9 Å². The normalized spacial score (nSPS) is 22.4. The number of nitrogens with zero attached hydrogens (tertiary/aromatic N) is 1. The van der Waals surface area contributed by atoms with E-state index in [1.807, 2.05) is 18.7 Å². The van der Waals surface area contributed by atoms with Crippen LogP contribution in [-0.2, 0) is 6.18 Å². The number of thiazole rings is 1. The van der Waals surface area contributed by atoms with Crippen LogP contribution in [0.5, 0.6) is 0 Å². The standard InChI is InChI=1S/C12H17F3N2S2/c1-2-16-10(8-5-3-4-6-18-8)9-7-17-11(19-9)12(13,14)15/h7-8,10,16H,2-6H2,1H3. The van der Waals surface area contributed by atoms with Gasteiger partial charge in [-0.1, -0.05) is 13.3 Å². The van der Waals surface area contributed by atoms with E-state index in [0.29, 0.717) is 10.1 Å². The third-order valence-electron chi connectivity index (χ3n) is 3.08. The highest BCUT2D eigenvalue weighted by Gasteiger charge is 2.36. The van der Waals surface area contributed by atoms with E-state index in [2.05, 4.69) is 10.3 Å². The fourth-order valence-corrected chi connectivity index (χ4v) is 4.68. The number of thioether (sulfide) groups is 1. The minimum atomic E-state index is -4.33. The first kappa shape index (κ1) is 15.1. The van der Waals surface area contributed by atoms with E-state index in [0.717, 1.165) is 36.5 Å². The van der Waals surface area contributed by atoms with Gasteiger partial charge in [0.15, 0.2) is 5.01 Å². The number of nitrogens with one attached hydrogen (secondary N) is 1. The topological polar surface area (TPSA) is 24.9 Å². The molecule has 0 amide bonds. The molecular weight excluding hydrogens is 293 g/mol. The fourth-order valence-electron chi connectivity index (χ4n) is 2.23. The highest BCUT2D eigenvalue weighted by atomic mass is 32.2. The molecule has 0 bridgehead atoms. The first-order valence-corrected chi connectivity index (χ1v) is 8.26. The lowest BCUT2D eigenvalue weighted by atomic mass is 10.1. The monoisotopic (exact) mass is 310 g/mol. The van der Waals surface area contributed by atoms with Gasteiger partial charge in [0.2, 0.25) is 0 Å². The summed E-state index contributed by atoms with van der Waals surface area (Å²) in [7, 11) is 0. The molecular formula is C12H17F3N2S2. The van der Waals surface area contributed by atoms with Crippen LogP contribution in [0.4, 0.5) is 13.2 Å². The van der Waals surface area contributed by atoms with Crippen molar-refractivity contribution in [2.45, 2.75) is 43.7 Å². The van der Waals surface area contributed by atoms with Crippen molar-refractivity contribution in [2.75, 3.05) is 12.3 Å². The third kappa shape index (κ3) is 3.86. The summed E-state index contributed by atoms with van der Waals surface area (Å²) in [5.41, 5.74) is 0. The van der Waals surface area contributed by atoms with Gasteiger partial charge in [0.25, 0.3) is 0 Å². The molecule has 2 unspecified atom stereocenters. The molecule has 1 fully saturated rings. The van der Waals surface area contributed by atoms with Crippen molar-refractivity contribution in [2.24, 2.45) is 0 Å². The number of halogens is 3. The van der Waals surface area contributed by atoms with Gasteiger partial charge in [0.1, 0.15) is 0 Å². The van der Waals surface area contributed by atoms with Gasteiger partial charge in [-0.25, -0.2) is 4.98 Å². The molecule has 2 heterocycles. The molecule has 1 aliphatic heterocycles. The van der Waals surface area contributed by atoms with Crippen LogP contribution in [0.2, 0.25) is 0 Å². The molecule has 0 spiro atoms. The Hall–Kier alpha value is -0.270. The lowest BCUT2D eigenvalue weighted by molar-refractivity contribution is -0.137.